The van der Waals surface area contributed by atoms with Crippen molar-refractivity contribution in [2.45, 2.75) is 148 Å². The summed E-state index contributed by atoms with van der Waals surface area (Å²) in [6.07, 6.45) is 19.9. The van der Waals surface area contributed by atoms with Gasteiger partial charge < -0.3 is 29.8 Å². The Hall–Kier alpha value is 0.267. The summed E-state index contributed by atoms with van der Waals surface area (Å²) in [4.78, 5) is 0. The second kappa shape index (κ2) is 26.5. The minimum atomic E-state index is -1.00. The number of hydrogen-bond acceptors (Lipinski definition) is 6. The smallest absolute Gasteiger partial charge is 0.261 e. The summed E-state index contributed by atoms with van der Waals surface area (Å²) in [6.45, 7) is 10.4. The number of halogens is 1. The van der Waals surface area contributed by atoms with Gasteiger partial charge in [-0.1, -0.05) is 111 Å². The largest absolute Gasteiger partial charge is 0.394 e. The fourth-order valence-corrected chi connectivity index (χ4v) is 7.17. The van der Waals surface area contributed by atoms with Crippen molar-refractivity contribution in [3.63, 3.8) is 0 Å². The highest BCUT2D eigenvalue weighted by atomic mass is 35.5. The molecule has 0 bridgehead atoms. The van der Waals surface area contributed by atoms with Gasteiger partial charge in [0, 0.05) is 5.54 Å². The molecule has 0 saturated heterocycles. The summed E-state index contributed by atoms with van der Waals surface area (Å²) in [5.74, 6) is 0.964. The average molecular weight is 570 g/mol. The van der Waals surface area contributed by atoms with Crippen molar-refractivity contribution in [3.05, 3.63) is 0 Å². The fourth-order valence-electron chi connectivity index (χ4n) is 5.08. The number of aliphatic hydroxyl groups is 2. The summed E-state index contributed by atoms with van der Waals surface area (Å²) in [5.41, 5.74) is 6.85. The number of nitrogens with two attached hydrogens (primary N) is 1. The maximum atomic E-state index is 9.11. The van der Waals surface area contributed by atoms with Crippen molar-refractivity contribution < 1.29 is 24.1 Å². The fraction of sp³-hybridized carbons (Fsp3) is 1.00. The molecule has 37 heavy (non-hydrogen) atoms. The van der Waals surface area contributed by atoms with Crippen LogP contribution in [0.2, 0.25) is 5.54 Å². The number of ether oxygens (including phenoxy) is 2. The molecule has 4 N–H and O–H groups in total. The Labute approximate surface area is 238 Å². The van der Waals surface area contributed by atoms with Crippen molar-refractivity contribution in [1.82, 2.24) is 0 Å². The van der Waals surface area contributed by atoms with E-state index in [0.29, 0.717) is 17.4 Å². The number of unbranched alkanes of at least 4 members (excludes halogenated alkanes) is 12. The predicted molar refractivity (Wildman–Crippen MR) is 162 cm³/mol. The van der Waals surface area contributed by atoms with E-state index in [1.165, 1.54) is 83.5 Å². The van der Waals surface area contributed by atoms with Gasteiger partial charge in [-0.2, -0.15) is 0 Å². The number of hydrogen-bond donors (Lipinski definition) is 3. The Kier molecular flexibility index (Phi) is 28.2. The zero-order valence-corrected chi connectivity index (χ0v) is 27.3. The van der Waals surface area contributed by atoms with Gasteiger partial charge in [-0.3, -0.25) is 0 Å². The molecule has 226 valence electrons. The number of rotatable bonds is 27. The summed E-state index contributed by atoms with van der Waals surface area (Å²) >= 11 is 0. The summed E-state index contributed by atoms with van der Waals surface area (Å²) in [6, 6.07) is 0. The van der Waals surface area contributed by atoms with Crippen LogP contribution in [0.5, 0.6) is 0 Å². The lowest BCUT2D eigenvalue weighted by Gasteiger charge is -2.38. The van der Waals surface area contributed by atoms with E-state index in [-0.39, 0.29) is 44.4 Å². The first-order chi connectivity index (χ1) is 17.3. The zero-order valence-electron chi connectivity index (χ0n) is 25.1. The standard InChI is InChI=1S/C29H63NO5Si.ClH/c1-6-7-8-9-10-11-12-13-14-15-16-17-18-19-27(26(24-25(2)3)29(4,5)30)36-35-28(33-22-20-31)34-23-21-32;/h25-28,31-32H,6-24,30,36H2,1-5H3;1H. The first kappa shape index (κ1) is 39.4. The molecule has 0 saturated carbocycles. The van der Waals surface area contributed by atoms with Crippen molar-refractivity contribution in [2.24, 2.45) is 17.6 Å². The van der Waals surface area contributed by atoms with Crippen LogP contribution in [-0.4, -0.2) is 58.4 Å². The highest BCUT2D eigenvalue weighted by Gasteiger charge is 2.34. The van der Waals surface area contributed by atoms with E-state index in [4.69, 9.17) is 29.8 Å². The van der Waals surface area contributed by atoms with Crippen LogP contribution in [0, 0.1) is 11.8 Å². The molecule has 0 fully saturated rings. The van der Waals surface area contributed by atoms with Crippen LogP contribution in [0.4, 0.5) is 0 Å². The maximum Gasteiger partial charge on any atom is 0.261 e. The van der Waals surface area contributed by atoms with Gasteiger partial charge >= 0.3 is 0 Å². The van der Waals surface area contributed by atoms with Crippen molar-refractivity contribution in [1.29, 1.82) is 0 Å². The first-order valence-corrected chi connectivity index (χ1v) is 16.5. The van der Waals surface area contributed by atoms with Crippen molar-refractivity contribution in [3.8, 4) is 0 Å². The average Bonchev–Trinajstić information content (AvgIpc) is 2.82. The molecule has 0 heterocycles. The Morgan fingerprint density at radius 2 is 1.19 bits per heavy atom. The quantitative estimate of drug-likeness (QED) is 0.0595. The van der Waals surface area contributed by atoms with E-state index in [9.17, 15) is 0 Å². The third kappa shape index (κ3) is 23.8. The topological polar surface area (TPSA) is 94.2 Å². The molecule has 0 spiro atoms. The molecule has 0 amide bonds. The van der Waals surface area contributed by atoms with Crippen molar-refractivity contribution >= 4 is 22.2 Å². The van der Waals surface area contributed by atoms with Crippen LogP contribution in [0.3, 0.4) is 0 Å². The van der Waals surface area contributed by atoms with E-state index in [2.05, 4.69) is 34.6 Å². The summed E-state index contributed by atoms with van der Waals surface area (Å²) in [5, 5.41) is 18.2. The van der Waals surface area contributed by atoms with Crippen molar-refractivity contribution in [2.75, 3.05) is 26.4 Å². The van der Waals surface area contributed by atoms with E-state index < -0.39 is 16.2 Å². The summed E-state index contributed by atoms with van der Waals surface area (Å²) in [7, 11) is -1.00. The second-order valence-electron chi connectivity index (χ2n) is 11.7. The van der Waals surface area contributed by atoms with E-state index in [0.717, 1.165) is 12.8 Å². The third-order valence-corrected chi connectivity index (χ3v) is 8.94. The van der Waals surface area contributed by atoms with E-state index >= 15 is 0 Å². The minimum Gasteiger partial charge on any atom is -0.394 e. The molecule has 2 unspecified atom stereocenters. The Balaban J connectivity index is 0. The van der Waals surface area contributed by atoms with Gasteiger partial charge in [-0.25, -0.2) is 0 Å². The van der Waals surface area contributed by atoms with E-state index in [1.807, 2.05) is 0 Å². The molecule has 0 aromatic rings. The van der Waals surface area contributed by atoms with Crippen LogP contribution >= 0.6 is 12.4 Å². The third-order valence-electron chi connectivity index (χ3n) is 7.07. The normalized spacial score (nSPS) is 14.1. The SMILES string of the molecule is CCCCCCCCCCCCCCCC([SiH2]OC(OCCO)OCCO)C(CC(C)C)C(C)(C)N.Cl. The molecule has 0 aromatic carbocycles. The first-order valence-electron chi connectivity index (χ1n) is 15.1. The van der Waals surface area contributed by atoms with Crippen LogP contribution in [0.1, 0.15) is 131 Å². The van der Waals surface area contributed by atoms with Gasteiger partial charge in [0.15, 0.2) is 9.76 Å². The van der Waals surface area contributed by atoms with E-state index in [1.54, 1.807) is 0 Å². The van der Waals surface area contributed by atoms with Gasteiger partial charge in [0.1, 0.15) is 0 Å². The molecule has 8 heteroatoms. The molecule has 0 radical (unpaired) electrons. The molecule has 0 aromatic heterocycles. The Morgan fingerprint density at radius 3 is 1.57 bits per heavy atom. The predicted octanol–water partition coefficient (Wildman–Crippen LogP) is 6.48. The van der Waals surface area contributed by atoms with Gasteiger partial charge in [-0.15, -0.1) is 12.4 Å². The maximum absolute atomic E-state index is 9.11. The minimum absolute atomic E-state index is 0. The zero-order chi connectivity index (χ0) is 27.1. The molecular formula is C29H64ClNO5Si. The Bertz CT molecular complexity index is 460. The highest BCUT2D eigenvalue weighted by Crippen LogP contribution is 2.37. The molecule has 0 rings (SSSR count). The second-order valence-corrected chi connectivity index (χ2v) is 13.4. The van der Waals surface area contributed by atoms with Crippen LogP contribution in [0.25, 0.3) is 0 Å². The van der Waals surface area contributed by atoms with Crippen LogP contribution in [-0.2, 0) is 13.9 Å². The van der Waals surface area contributed by atoms with Gasteiger partial charge in [0.2, 0.25) is 0 Å². The van der Waals surface area contributed by atoms with Crippen LogP contribution < -0.4 is 5.73 Å². The lowest BCUT2D eigenvalue weighted by Crippen LogP contribution is -2.45. The monoisotopic (exact) mass is 569 g/mol. The van der Waals surface area contributed by atoms with Gasteiger partial charge in [0.05, 0.1) is 26.4 Å². The molecule has 0 aliphatic heterocycles. The molecular weight excluding hydrogens is 506 g/mol. The molecule has 2 atom stereocenters. The lowest BCUT2D eigenvalue weighted by atomic mass is 9.78. The molecule has 6 nitrogen and oxygen atoms in total. The van der Waals surface area contributed by atoms with Gasteiger partial charge in [-0.05, 0) is 37.6 Å². The highest BCUT2D eigenvalue weighted by molar-refractivity contribution is 6.29. The summed E-state index contributed by atoms with van der Waals surface area (Å²) < 4.78 is 17.2. The number of aliphatic hydroxyl groups excluding tert-OH is 2. The van der Waals surface area contributed by atoms with Crippen LogP contribution in [0.15, 0.2) is 0 Å². The van der Waals surface area contributed by atoms with Gasteiger partial charge in [0.25, 0.3) is 6.48 Å². The lowest BCUT2D eigenvalue weighted by molar-refractivity contribution is -0.253. The molecule has 0 aliphatic carbocycles. The molecule has 0 aliphatic rings. The Morgan fingerprint density at radius 1 is 0.757 bits per heavy atom.